The number of hydrogen-bond donors (Lipinski definition) is 0. The van der Waals surface area contributed by atoms with Crippen LogP contribution < -0.4 is 0 Å². The van der Waals surface area contributed by atoms with Crippen LogP contribution in [0.15, 0.2) is 66.7 Å². The molecule has 0 aromatic heterocycles. The standard InChI is InChI=1S/C21H18ClNOS/c22-18-9-4-8-17(13-18)21-23(11-12-25-21)20(24)14-16-7-3-6-15-5-1-2-10-19(15)16/h1-10,13,21H,11-12,14H2. The fraction of sp³-hybridized carbons (Fsp3) is 0.190. The molecular formula is C21H18ClNOS. The lowest BCUT2D eigenvalue weighted by atomic mass is 10.0. The van der Waals surface area contributed by atoms with E-state index in [1.54, 1.807) is 11.8 Å². The van der Waals surface area contributed by atoms with Gasteiger partial charge in [-0.25, -0.2) is 0 Å². The Morgan fingerprint density at radius 2 is 1.88 bits per heavy atom. The molecule has 25 heavy (non-hydrogen) atoms. The highest BCUT2D eigenvalue weighted by molar-refractivity contribution is 7.99. The van der Waals surface area contributed by atoms with Crippen molar-refractivity contribution in [3.8, 4) is 0 Å². The molecule has 1 aliphatic rings. The molecular weight excluding hydrogens is 350 g/mol. The smallest absolute Gasteiger partial charge is 0.228 e. The van der Waals surface area contributed by atoms with Crippen molar-refractivity contribution >= 4 is 40.0 Å². The van der Waals surface area contributed by atoms with E-state index in [1.165, 1.54) is 5.39 Å². The van der Waals surface area contributed by atoms with Crippen molar-refractivity contribution in [2.24, 2.45) is 0 Å². The molecule has 1 unspecified atom stereocenters. The number of carbonyl (C=O) groups excluding carboxylic acids is 1. The van der Waals surface area contributed by atoms with E-state index in [4.69, 9.17) is 11.6 Å². The Labute approximate surface area is 156 Å². The first-order valence-corrected chi connectivity index (χ1v) is 9.78. The molecule has 2 nitrogen and oxygen atoms in total. The zero-order valence-electron chi connectivity index (χ0n) is 13.7. The van der Waals surface area contributed by atoms with Gasteiger partial charge in [0.1, 0.15) is 5.37 Å². The van der Waals surface area contributed by atoms with Crippen molar-refractivity contribution in [3.05, 3.63) is 82.9 Å². The fourth-order valence-corrected chi connectivity index (χ4v) is 4.84. The predicted molar refractivity (Wildman–Crippen MR) is 106 cm³/mol. The maximum atomic E-state index is 13.0. The molecule has 1 saturated heterocycles. The van der Waals surface area contributed by atoms with E-state index in [2.05, 4.69) is 24.3 Å². The zero-order chi connectivity index (χ0) is 17.2. The number of halogens is 1. The first-order chi connectivity index (χ1) is 12.2. The van der Waals surface area contributed by atoms with Crippen LogP contribution in [0.3, 0.4) is 0 Å². The zero-order valence-corrected chi connectivity index (χ0v) is 15.3. The summed E-state index contributed by atoms with van der Waals surface area (Å²) < 4.78 is 0. The minimum atomic E-state index is 0.0566. The minimum Gasteiger partial charge on any atom is -0.325 e. The minimum absolute atomic E-state index is 0.0566. The van der Waals surface area contributed by atoms with Gasteiger partial charge in [-0.1, -0.05) is 66.2 Å². The lowest BCUT2D eigenvalue weighted by molar-refractivity contribution is -0.130. The molecule has 0 N–H and O–H groups in total. The summed E-state index contributed by atoms with van der Waals surface area (Å²) in [6.07, 6.45) is 0.430. The van der Waals surface area contributed by atoms with E-state index < -0.39 is 0 Å². The number of amides is 1. The maximum Gasteiger partial charge on any atom is 0.228 e. The summed E-state index contributed by atoms with van der Waals surface area (Å²) in [5, 5.41) is 3.10. The lowest BCUT2D eigenvalue weighted by Crippen LogP contribution is -2.31. The van der Waals surface area contributed by atoms with Crippen LogP contribution in [-0.4, -0.2) is 23.1 Å². The molecule has 0 saturated carbocycles. The second-order valence-corrected chi connectivity index (χ2v) is 7.80. The van der Waals surface area contributed by atoms with Crippen LogP contribution in [0, 0.1) is 0 Å². The molecule has 4 heteroatoms. The van der Waals surface area contributed by atoms with Crippen molar-refractivity contribution in [2.75, 3.05) is 12.3 Å². The molecule has 0 aliphatic carbocycles. The average molecular weight is 368 g/mol. The van der Waals surface area contributed by atoms with Crippen molar-refractivity contribution in [1.82, 2.24) is 4.90 Å². The summed E-state index contributed by atoms with van der Waals surface area (Å²) in [7, 11) is 0. The Hall–Kier alpha value is -1.97. The third-order valence-corrected chi connectivity index (χ3v) is 6.06. The van der Waals surface area contributed by atoms with Gasteiger partial charge in [0.15, 0.2) is 0 Å². The molecule has 1 amide bonds. The van der Waals surface area contributed by atoms with Gasteiger partial charge in [0, 0.05) is 17.3 Å². The number of rotatable bonds is 3. The molecule has 0 radical (unpaired) electrons. The van der Waals surface area contributed by atoms with Crippen LogP contribution in [0.2, 0.25) is 5.02 Å². The van der Waals surface area contributed by atoms with E-state index >= 15 is 0 Å². The monoisotopic (exact) mass is 367 g/mol. The topological polar surface area (TPSA) is 20.3 Å². The van der Waals surface area contributed by atoms with Crippen LogP contribution in [0.5, 0.6) is 0 Å². The van der Waals surface area contributed by atoms with Gasteiger partial charge in [-0.3, -0.25) is 4.79 Å². The van der Waals surface area contributed by atoms with Crippen molar-refractivity contribution in [3.63, 3.8) is 0 Å². The van der Waals surface area contributed by atoms with Crippen molar-refractivity contribution in [1.29, 1.82) is 0 Å². The van der Waals surface area contributed by atoms with Gasteiger partial charge >= 0.3 is 0 Å². The van der Waals surface area contributed by atoms with Gasteiger partial charge in [0.05, 0.1) is 6.42 Å². The van der Waals surface area contributed by atoms with Gasteiger partial charge in [-0.15, -0.1) is 11.8 Å². The second kappa shape index (κ2) is 7.11. The van der Waals surface area contributed by atoms with Crippen molar-refractivity contribution < 1.29 is 4.79 Å². The maximum absolute atomic E-state index is 13.0. The molecule has 3 aromatic rings. The summed E-state index contributed by atoms with van der Waals surface area (Å²) in [5.74, 6) is 1.13. The highest BCUT2D eigenvalue weighted by Crippen LogP contribution is 2.39. The first kappa shape index (κ1) is 16.5. The van der Waals surface area contributed by atoms with Gasteiger partial charge in [0.25, 0.3) is 0 Å². The lowest BCUT2D eigenvalue weighted by Gasteiger charge is -2.24. The van der Waals surface area contributed by atoms with Gasteiger partial charge < -0.3 is 4.90 Å². The van der Waals surface area contributed by atoms with E-state index in [1.807, 2.05) is 47.4 Å². The van der Waals surface area contributed by atoms with Crippen LogP contribution in [0.25, 0.3) is 10.8 Å². The quantitative estimate of drug-likeness (QED) is 0.625. The Morgan fingerprint density at radius 3 is 2.76 bits per heavy atom. The molecule has 0 spiro atoms. The number of carbonyl (C=O) groups is 1. The van der Waals surface area contributed by atoms with E-state index in [0.717, 1.165) is 28.8 Å². The second-order valence-electron chi connectivity index (χ2n) is 6.18. The van der Waals surface area contributed by atoms with Gasteiger partial charge in [0.2, 0.25) is 5.91 Å². The summed E-state index contributed by atoms with van der Waals surface area (Å²) in [4.78, 5) is 15.0. The molecule has 0 bridgehead atoms. The summed E-state index contributed by atoms with van der Waals surface area (Å²) in [6, 6.07) is 22.2. The average Bonchev–Trinajstić information content (AvgIpc) is 3.12. The number of benzene rings is 3. The van der Waals surface area contributed by atoms with Crippen LogP contribution in [0.4, 0.5) is 0 Å². The number of thioether (sulfide) groups is 1. The van der Waals surface area contributed by atoms with Crippen LogP contribution in [-0.2, 0) is 11.2 Å². The number of hydrogen-bond acceptors (Lipinski definition) is 2. The van der Waals surface area contributed by atoms with Crippen LogP contribution in [0.1, 0.15) is 16.5 Å². The van der Waals surface area contributed by atoms with E-state index in [0.29, 0.717) is 11.4 Å². The summed E-state index contributed by atoms with van der Waals surface area (Å²) in [6.45, 7) is 0.783. The Balaban J connectivity index is 1.59. The Bertz CT molecular complexity index is 921. The van der Waals surface area contributed by atoms with E-state index in [-0.39, 0.29) is 11.3 Å². The molecule has 3 aromatic carbocycles. The van der Waals surface area contributed by atoms with Crippen molar-refractivity contribution in [2.45, 2.75) is 11.8 Å². The number of fused-ring (bicyclic) bond motifs is 1. The normalized spacial score (nSPS) is 17.2. The molecule has 126 valence electrons. The third kappa shape index (κ3) is 3.39. The SMILES string of the molecule is O=C(Cc1cccc2ccccc12)N1CCSC1c1cccc(Cl)c1. The summed E-state index contributed by atoms with van der Waals surface area (Å²) in [5.41, 5.74) is 2.19. The summed E-state index contributed by atoms with van der Waals surface area (Å²) >= 11 is 7.93. The van der Waals surface area contributed by atoms with E-state index in [9.17, 15) is 4.79 Å². The molecule has 1 heterocycles. The third-order valence-electron chi connectivity index (χ3n) is 4.57. The van der Waals surface area contributed by atoms with Crippen LogP contribution >= 0.6 is 23.4 Å². The predicted octanol–water partition coefficient (Wildman–Crippen LogP) is 5.31. The first-order valence-electron chi connectivity index (χ1n) is 8.35. The molecule has 1 fully saturated rings. The Morgan fingerprint density at radius 1 is 1.08 bits per heavy atom. The van der Waals surface area contributed by atoms with Gasteiger partial charge in [-0.2, -0.15) is 0 Å². The number of nitrogens with zero attached hydrogens (tertiary/aromatic N) is 1. The Kier molecular flexibility index (Phi) is 4.69. The fourth-order valence-electron chi connectivity index (χ4n) is 3.37. The highest BCUT2D eigenvalue weighted by atomic mass is 35.5. The molecule has 1 aliphatic heterocycles. The highest BCUT2D eigenvalue weighted by Gasteiger charge is 2.30. The molecule has 1 atom stereocenters. The molecule has 4 rings (SSSR count). The largest absolute Gasteiger partial charge is 0.325 e. The van der Waals surface area contributed by atoms with Gasteiger partial charge in [-0.05, 0) is 34.0 Å².